The van der Waals surface area contributed by atoms with Crippen LogP contribution in [0.2, 0.25) is 0 Å². The molecule has 6 heteroatoms. The molecule has 4 N–H and O–H groups in total. The molecule has 17 heavy (non-hydrogen) atoms. The number of nitrogens with one attached hydrogen (secondary N) is 2. The SMILES string of the molecule is CCNS(=O)(=O)c1ccc(N)c(NC2CC2)c1. The fraction of sp³-hybridized carbons (Fsp3) is 0.455. The largest absolute Gasteiger partial charge is 0.397 e. The van der Waals surface area contributed by atoms with Gasteiger partial charge in [0, 0.05) is 12.6 Å². The number of nitrogen functional groups attached to an aromatic ring is 1. The van der Waals surface area contributed by atoms with Crippen LogP contribution in [0.15, 0.2) is 23.1 Å². The van der Waals surface area contributed by atoms with Crippen LogP contribution >= 0.6 is 0 Å². The Balaban J connectivity index is 2.29. The van der Waals surface area contributed by atoms with Crippen LogP contribution in [0.25, 0.3) is 0 Å². The lowest BCUT2D eigenvalue weighted by molar-refractivity contribution is 0.584. The molecule has 0 atom stereocenters. The van der Waals surface area contributed by atoms with Crippen molar-refractivity contribution in [1.82, 2.24) is 4.72 Å². The highest BCUT2D eigenvalue weighted by molar-refractivity contribution is 7.89. The van der Waals surface area contributed by atoms with Gasteiger partial charge >= 0.3 is 0 Å². The summed E-state index contributed by atoms with van der Waals surface area (Å²) in [6.07, 6.45) is 2.23. The molecule has 0 saturated heterocycles. The summed E-state index contributed by atoms with van der Waals surface area (Å²) in [6, 6.07) is 5.17. The molecule has 0 radical (unpaired) electrons. The molecule has 1 aliphatic rings. The lowest BCUT2D eigenvalue weighted by atomic mass is 10.2. The van der Waals surface area contributed by atoms with Crippen molar-refractivity contribution in [3.63, 3.8) is 0 Å². The summed E-state index contributed by atoms with van der Waals surface area (Å²) in [5.74, 6) is 0. The molecule has 0 unspecified atom stereocenters. The van der Waals surface area contributed by atoms with Crippen LogP contribution in [0.1, 0.15) is 19.8 Å². The Morgan fingerprint density at radius 1 is 1.41 bits per heavy atom. The maximum absolute atomic E-state index is 11.8. The van der Waals surface area contributed by atoms with E-state index in [-0.39, 0.29) is 4.90 Å². The molecule has 1 aromatic carbocycles. The second-order valence-corrected chi connectivity index (χ2v) is 5.94. The van der Waals surface area contributed by atoms with Crippen LogP contribution in [0.5, 0.6) is 0 Å². The first-order valence-corrected chi connectivity index (χ1v) is 7.17. The highest BCUT2D eigenvalue weighted by atomic mass is 32.2. The maximum atomic E-state index is 11.8. The summed E-state index contributed by atoms with van der Waals surface area (Å²) in [7, 11) is -3.41. The van der Waals surface area contributed by atoms with E-state index in [1.54, 1.807) is 19.1 Å². The van der Waals surface area contributed by atoms with Gasteiger partial charge in [0.05, 0.1) is 16.3 Å². The summed E-state index contributed by atoms with van der Waals surface area (Å²) in [6.45, 7) is 2.12. The van der Waals surface area contributed by atoms with Gasteiger partial charge in [0.15, 0.2) is 0 Å². The van der Waals surface area contributed by atoms with E-state index in [1.807, 2.05) is 0 Å². The third-order valence-electron chi connectivity index (χ3n) is 2.61. The van der Waals surface area contributed by atoms with Crippen molar-refractivity contribution in [2.24, 2.45) is 0 Å². The second kappa shape index (κ2) is 4.54. The van der Waals surface area contributed by atoms with Crippen molar-refractivity contribution in [2.45, 2.75) is 30.7 Å². The zero-order chi connectivity index (χ0) is 12.5. The van der Waals surface area contributed by atoms with E-state index in [2.05, 4.69) is 10.0 Å². The lowest BCUT2D eigenvalue weighted by Gasteiger charge is -2.11. The van der Waals surface area contributed by atoms with E-state index in [9.17, 15) is 8.42 Å². The molecule has 0 aliphatic heterocycles. The molecule has 0 aromatic heterocycles. The number of rotatable bonds is 5. The third kappa shape index (κ3) is 2.89. The predicted octanol–water partition coefficient (Wildman–Crippen LogP) is 1.14. The molecule has 2 rings (SSSR count). The standard InChI is InChI=1S/C11H17N3O2S/c1-2-13-17(15,16)9-5-6-10(12)11(7-9)14-8-3-4-8/h5-8,13-14H,2-4,12H2,1H3. The van der Waals surface area contributed by atoms with Gasteiger partial charge in [0.25, 0.3) is 0 Å². The van der Waals surface area contributed by atoms with Gasteiger partial charge in [-0.3, -0.25) is 0 Å². The van der Waals surface area contributed by atoms with Gasteiger partial charge < -0.3 is 11.1 Å². The normalized spacial score (nSPS) is 15.8. The van der Waals surface area contributed by atoms with Crippen molar-refractivity contribution >= 4 is 21.4 Å². The number of anilines is 2. The summed E-state index contributed by atoms with van der Waals surface area (Å²) in [4.78, 5) is 0.247. The van der Waals surface area contributed by atoms with Crippen LogP contribution < -0.4 is 15.8 Å². The Kier molecular flexibility index (Phi) is 3.26. The number of hydrogen-bond acceptors (Lipinski definition) is 4. The van der Waals surface area contributed by atoms with Gasteiger partial charge in [0.1, 0.15) is 0 Å². The average molecular weight is 255 g/mol. The van der Waals surface area contributed by atoms with Gasteiger partial charge in [-0.25, -0.2) is 13.1 Å². The minimum Gasteiger partial charge on any atom is -0.397 e. The topological polar surface area (TPSA) is 84.2 Å². The van der Waals surface area contributed by atoms with E-state index in [0.717, 1.165) is 12.8 Å². The van der Waals surface area contributed by atoms with Crippen molar-refractivity contribution in [3.05, 3.63) is 18.2 Å². The first-order chi connectivity index (χ1) is 8.03. The molecule has 0 amide bonds. The zero-order valence-electron chi connectivity index (χ0n) is 9.73. The highest BCUT2D eigenvalue weighted by Gasteiger charge is 2.22. The van der Waals surface area contributed by atoms with Crippen molar-refractivity contribution < 1.29 is 8.42 Å². The molecule has 94 valence electrons. The lowest BCUT2D eigenvalue weighted by Crippen LogP contribution is -2.23. The first kappa shape index (κ1) is 12.2. The number of nitrogens with two attached hydrogens (primary N) is 1. The molecular weight excluding hydrogens is 238 g/mol. The second-order valence-electron chi connectivity index (χ2n) is 4.17. The van der Waals surface area contributed by atoms with Crippen molar-refractivity contribution in [3.8, 4) is 0 Å². The third-order valence-corrected chi connectivity index (χ3v) is 4.15. The van der Waals surface area contributed by atoms with Crippen LogP contribution in [-0.2, 0) is 10.0 Å². The Bertz CT molecular complexity index is 509. The number of benzene rings is 1. The summed E-state index contributed by atoms with van der Waals surface area (Å²) >= 11 is 0. The van der Waals surface area contributed by atoms with Gasteiger partial charge in [-0.05, 0) is 31.0 Å². The summed E-state index contributed by atoms with van der Waals surface area (Å²) < 4.78 is 26.1. The zero-order valence-corrected chi connectivity index (χ0v) is 10.5. The molecule has 5 nitrogen and oxygen atoms in total. The Morgan fingerprint density at radius 3 is 2.71 bits per heavy atom. The van der Waals surface area contributed by atoms with Crippen LogP contribution in [0.4, 0.5) is 11.4 Å². The maximum Gasteiger partial charge on any atom is 0.240 e. The Hall–Kier alpha value is -1.27. The molecule has 0 spiro atoms. The van der Waals surface area contributed by atoms with Crippen LogP contribution in [-0.4, -0.2) is 21.0 Å². The monoisotopic (exact) mass is 255 g/mol. The van der Waals surface area contributed by atoms with E-state index in [1.165, 1.54) is 6.07 Å². The van der Waals surface area contributed by atoms with Crippen LogP contribution in [0, 0.1) is 0 Å². The van der Waals surface area contributed by atoms with Gasteiger partial charge in [-0.1, -0.05) is 6.92 Å². The molecule has 1 aliphatic carbocycles. The summed E-state index contributed by atoms with van der Waals surface area (Å²) in [5, 5.41) is 3.22. The fourth-order valence-corrected chi connectivity index (χ4v) is 2.62. The van der Waals surface area contributed by atoms with E-state index < -0.39 is 10.0 Å². The van der Waals surface area contributed by atoms with Crippen molar-refractivity contribution in [1.29, 1.82) is 0 Å². The molecular formula is C11H17N3O2S. The van der Waals surface area contributed by atoms with Crippen LogP contribution in [0.3, 0.4) is 0 Å². The summed E-state index contributed by atoms with van der Waals surface area (Å²) in [5.41, 5.74) is 7.08. The highest BCUT2D eigenvalue weighted by Crippen LogP contribution is 2.29. The minimum absolute atomic E-state index is 0.247. The fourth-order valence-electron chi connectivity index (χ4n) is 1.55. The molecule has 1 fully saturated rings. The molecule has 1 aromatic rings. The van der Waals surface area contributed by atoms with E-state index >= 15 is 0 Å². The molecule has 1 saturated carbocycles. The molecule has 0 heterocycles. The number of sulfonamides is 1. The van der Waals surface area contributed by atoms with E-state index in [4.69, 9.17) is 5.73 Å². The van der Waals surface area contributed by atoms with Gasteiger partial charge in [0.2, 0.25) is 10.0 Å². The van der Waals surface area contributed by atoms with E-state index in [0.29, 0.717) is 24.0 Å². The number of hydrogen-bond donors (Lipinski definition) is 3. The quantitative estimate of drug-likeness (QED) is 0.689. The van der Waals surface area contributed by atoms with Gasteiger partial charge in [-0.15, -0.1) is 0 Å². The average Bonchev–Trinajstić information content (AvgIpc) is 3.05. The van der Waals surface area contributed by atoms with Crippen molar-refractivity contribution in [2.75, 3.05) is 17.6 Å². The Morgan fingerprint density at radius 2 is 2.12 bits per heavy atom. The van der Waals surface area contributed by atoms with Gasteiger partial charge in [-0.2, -0.15) is 0 Å². The Labute approximate surface area is 101 Å². The predicted molar refractivity (Wildman–Crippen MR) is 68.4 cm³/mol. The smallest absolute Gasteiger partial charge is 0.240 e. The first-order valence-electron chi connectivity index (χ1n) is 5.68. The molecule has 0 bridgehead atoms. The minimum atomic E-state index is -3.41.